The van der Waals surface area contributed by atoms with Gasteiger partial charge in [-0.15, -0.1) is 0 Å². The first-order valence-electron chi connectivity index (χ1n) is 13.9. The highest BCUT2D eigenvalue weighted by molar-refractivity contribution is 8.14. The number of thioether (sulfide) groups is 3. The molecule has 0 saturated heterocycles. The summed E-state index contributed by atoms with van der Waals surface area (Å²) in [5.74, 6) is 4.95. The monoisotopic (exact) mass is 621 g/mol. The highest BCUT2D eigenvalue weighted by Gasteiger charge is 2.27. The predicted molar refractivity (Wildman–Crippen MR) is 172 cm³/mol. The van der Waals surface area contributed by atoms with Crippen molar-refractivity contribution in [1.29, 1.82) is 0 Å². The van der Waals surface area contributed by atoms with Crippen LogP contribution in [-0.4, -0.2) is 58.7 Å². The zero-order valence-corrected chi connectivity index (χ0v) is 26.7. The molecule has 0 aliphatic carbocycles. The lowest BCUT2D eigenvalue weighted by Gasteiger charge is -2.23. The molecule has 2 heterocycles. The summed E-state index contributed by atoms with van der Waals surface area (Å²) in [7, 11) is 0. The summed E-state index contributed by atoms with van der Waals surface area (Å²) in [6.45, 7) is 10.4. The zero-order valence-electron chi connectivity index (χ0n) is 24.3. The highest BCUT2D eigenvalue weighted by Crippen LogP contribution is 2.31. The van der Waals surface area contributed by atoms with Crippen LogP contribution < -0.4 is 10.4 Å². The number of ether oxygens (including phenoxy) is 2. The predicted octanol–water partition coefficient (Wildman–Crippen LogP) is 7.58. The third-order valence-electron chi connectivity index (χ3n) is 6.29. The van der Waals surface area contributed by atoms with Gasteiger partial charge in [0.25, 0.3) is 0 Å². The molecule has 3 rings (SSSR count). The number of nitrogens with zero attached hydrogens (tertiary/aromatic N) is 1. The number of carbonyl (C=O) groups excluding carboxylic acids is 1. The smallest absolute Gasteiger partial charge is 0.345 e. The summed E-state index contributed by atoms with van der Waals surface area (Å²) in [5, 5.41) is 0.935. The van der Waals surface area contributed by atoms with Crippen molar-refractivity contribution < 1.29 is 23.1 Å². The normalized spacial score (nSPS) is 11.9. The average Bonchev–Trinajstić information content (AvgIpc) is 2.93. The van der Waals surface area contributed by atoms with Crippen molar-refractivity contribution in [2.24, 2.45) is 11.3 Å². The van der Waals surface area contributed by atoms with Crippen molar-refractivity contribution in [1.82, 2.24) is 4.98 Å². The lowest BCUT2D eigenvalue weighted by Crippen LogP contribution is -2.22. The lowest BCUT2D eigenvalue weighted by atomic mass is 9.87. The van der Waals surface area contributed by atoms with Crippen LogP contribution in [-0.2, 0) is 9.53 Å². The van der Waals surface area contributed by atoms with Crippen LogP contribution in [0.15, 0.2) is 51.7 Å². The van der Waals surface area contributed by atoms with Crippen molar-refractivity contribution in [3.8, 4) is 17.0 Å². The van der Waals surface area contributed by atoms with Crippen LogP contribution in [0.4, 0.5) is 4.39 Å². The van der Waals surface area contributed by atoms with Gasteiger partial charge in [0, 0.05) is 45.6 Å². The molecular weight excluding hydrogens is 582 g/mol. The molecular formula is C31H40FNO5S3. The van der Waals surface area contributed by atoms with Gasteiger partial charge in [0.15, 0.2) is 5.12 Å². The van der Waals surface area contributed by atoms with Gasteiger partial charge in [0.1, 0.15) is 5.82 Å². The Labute approximate surface area is 254 Å². The fraction of sp³-hybridized carbons (Fsp3) is 0.516. The van der Waals surface area contributed by atoms with E-state index in [1.807, 2.05) is 11.8 Å². The minimum Gasteiger partial charge on any atom is -0.477 e. The Morgan fingerprint density at radius 2 is 1.73 bits per heavy atom. The molecule has 0 fully saturated rings. The van der Waals surface area contributed by atoms with Gasteiger partial charge < -0.3 is 13.9 Å². The molecule has 224 valence electrons. The largest absolute Gasteiger partial charge is 0.477 e. The van der Waals surface area contributed by atoms with Crippen molar-refractivity contribution in [2.75, 3.05) is 48.6 Å². The molecule has 0 unspecified atom stereocenters. The fourth-order valence-corrected chi connectivity index (χ4v) is 6.37. The average molecular weight is 622 g/mol. The molecule has 6 nitrogen and oxygen atoms in total. The summed E-state index contributed by atoms with van der Waals surface area (Å²) in [5.41, 5.74) is 0.105. The van der Waals surface area contributed by atoms with E-state index in [9.17, 15) is 14.0 Å². The number of halogens is 1. The molecule has 0 radical (unpaired) electrons. The topological polar surface area (TPSA) is 78.6 Å². The summed E-state index contributed by atoms with van der Waals surface area (Å²) in [4.78, 5) is 29.2. The van der Waals surface area contributed by atoms with Gasteiger partial charge in [-0.05, 0) is 42.2 Å². The lowest BCUT2D eigenvalue weighted by molar-refractivity contribution is -0.118. The number of pyridine rings is 1. The Morgan fingerprint density at radius 3 is 2.46 bits per heavy atom. The third-order valence-corrected chi connectivity index (χ3v) is 9.63. The first-order valence-corrected chi connectivity index (χ1v) is 17.2. The molecule has 2 aromatic heterocycles. The van der Waals surface area contributed by atoms with Crippen LogP contribution in [0.1, 0.15) is 40.5 Å². The molecule has 1 aromatic carbocycles. The van der Waals surface area contributed by atoms with E-state index in [4.69, 9.17) is 13.9 Å². The first kappa shape index (κ1) is 33.5. The Kier molecular flexibility index (Phi) is 14.0. The maximum atomic E-state index is 13.6. The third kappa shape index (κ3) is 11.7. The molecule has 3 aromatic rings. The van der Waals surface area contributed by atoms with Gasteiger partial charge in [-0.25, -0.2) is 9.18 Å². The molecule has 41 heavy (non-hydrogen) atoms. The number of hydrogen-bond donors (Lipinski definition) is 0. The summed E-state index contributed by atoms with van der Waals surface area (Å²) in [6.07, 6.45) is 2.03. The maximum Gasteiger partial charge on any atom is 0.345 e. The standard InChI is InChI=1S/C31H40FNO5S3/c1-22(2)10-11-31(3,4)30(35)41-19-18-40-16-13-36-12-15-39-17-14-37-27-9-8-24-21-26(29(34)38-28(24)33-27)23-6-5-7-25(32)20-23/h5-9,20-22H,10-19H2,1-4H3. The second-order valence-corrected chi connectivity index (χ2v) is 14.2. The van der Waals surface area contributed by atoms with E-state index in [2.05, 4.69) is 32.7 Å². The van der Waals surface area contributed by atoms with E-state index >= 15 is 0 Å². The Bertz CT molecular complexity index is 1310. The van der Waals surface area contributed by atoms with Gasteiger partial charge in [-0.1, -0.05) is 58.0 Å². The quantitative estimate of drug-likeness (QED) is 0.134. The fourth-order valence-electron chi connectivity index (χ4n) is 3.81. The van der Waals surface area contributed by atoms with E-state index in [-0.39, 0.29) is 16.7 Å². The minimum atomic E-state index is -0.577. The van der Waals surface area contributed by atoms with Crippen LogP contribution >= 0.6 is 35.3 Å². The molecule has 0 atom stereocenters. The summed E-state index contributed by atoms with van der Waals surface area (Å²) < 4.78 is 30.4. The van der Waals surface area contributed by atoms with E-state index in [0.29, 0.717) is 47.7 Å². The number of fused-ring (bicyclic) bond motifs is 1. The van der Waals surface area contributed by atoms with E-state index in [1.54, 1.807) is 42.1 Å². The van der Waals surface area contributed by atoms with Gasteiger partial charge in [0.2, 0.25) is 11.6 Å². The van der Waals surface area contributed by atoms with Crippen LogP contribution in [0.2, 0.25) is 0 Å². The zero-order chi connectivity index (χ0) is 29.7. The van der Waals surface area contributed by atoms with Crippen molar-refractivity contribution in [2.45, 2.75) is 40.5 Å². The Balaban J connectivity index is 1.23. The Hall–Kier alpha value is -2.01. The second-order valence-electron chi connectivity index (χ2n) is 10.6. The summed E-state index contributed by atoms with van der Waals surface area (Å²) in [6, 6.07) is 11.0. The van der Waals surface area contributed by atoms with Crippen molar-refractivity contribution in [3.05, 3.63) is 58.7 Å². The van der Waals surface area contributed by atoms with Crippen LogP contribution in [0, 0.1) is 17.2 Å². The second kappa shape index (κ2) is 17.2. The number of benzene rings is 1. The van der Waals surface area contributed by atoms with Gasteiger partial charge >= 0.3 is 5.63 Å². The molecule has 10 heteroatoms. The minimum absolute atomic E-state index is 0.183. The SMILES string of the molecule is CC(C)CCC(C)(C)C(=O)SCCSCCOCCSCCOc1ccc2cc(-c3cccc(F)c3)c(=O)oc2n1. The molecule has 0 aliphatic rings. The van der Waals surface area contributed by atoms with Gasteiger partial charge in [0.05, 0.1) is 25.4 Å². The Morgan fingerprint density at radius 1 is 1.00 bits per heavy atom. The molecule has 0 bridgehead atoms. The van der Waals surface area contributed by atoms with E-state index < -0.39 is 11.4 Å². The van der Waals surface area contributed by atoms with Crippen LogP contribution in [0.25, 0.3) is 22.2 Å². The van der Waals surface area contributed by atoms with Crippen molar-refractivity contribution in [3.63, 3.8) is 0 Å². The van der Waals surface area contributed by atoms with Crippen molar-refractivity contribution >= 4 is 51.5 Å². The maximum absolute atomic E-state index is 13.6. The highest BCUT2D eigenvalue weighted by atomic mass is 32.2. The number of carbonyl (C=O) groups is 1. The van der Waals surface area contributed by atoms with E-state index in [1.165, 1.54) is 23.9 Å². The number of aromatic nitrogens is 1. The molecule has 0 amide bonds. The summed E-state index contributed by atoms with van der Waals surface area (Å²) >= 11 is 5.02. The van der Waals surface area contributed by atoms with Crippen LogP contribution in [0.3, 0.4) is 0 Å². The molecule has 0 saturated carbocycles. The van der Waals surface area contributed by atoms with Gasteiger partial charge in [-0.3, -0.25) is 4.79 Å². The van der Waals surface area contributed by atoms with E-state index in [0.717, 1.165) is 41.6 Å². The molecule has 0 N–H and O–H groups in total. The first-order chi connectivity index (χ1) is 19.7. The van der Waals surface area contributed by atoms with Gasteiger partial charge in [-0.2, -0.15) is 28.5 Å². The number of hydrogen-bond acceptors (Lipinski definition) is 9. The van der Waals surface area contributed by atoms with Crippen LogP contribution in [0.5, 0.6) is 5.88 Å². The molecule has 0 spiro atoms. The number of rotatable bonds is 18. The molecule has 0 aliphatic heterocycles.